The Labute approximate surface area is 157 Å². The molecule has 1 saturated heterocycles. The van der Waals surface area contributed by atoms with Gasteiger partial charge < -0.3 is 10.1 Å². The van der Waals surface area contributed by atoms with Crippen LogP contribution in [0.25, 0.3) is 0 Å². The second-order valence-corrected chi connectivity index (χ2v) is 6.96. The maximum atomic E-state index is 12.7. The average molecular weight is 373 g/mol. The smallest absolute Gasteiger partial charge is 0.334 e. The van der Waals surface area contributed by atoms with E-state index < -0.39 is 30.3 Å². The molecule has 8 nitrogen and oxygen atoms in total. The van der Waals surface area contributed by atoms with Gasteiger partial charge in [-0.2, -0.15) is 0 Å². The number of ether oxygens (including phenoxy) is 1. The molecular weight excluding hydrogens is 350 g/mol. The van der Waals surface area contributed by atoms with E-state index in [1.807, 2.05) is 6.92 Å². The number of hydrogen-bond donors (Lipinski definition) is 1. The number of amides is 5. The third kappa shape index (κ3) is 3.79. The van der Waals surface area contributed by atoms with E-state index >= 15 is 0 Å². The summed E-state index contributed by atoms with van der Waals surface area (Å²) in [4.78, 5) is 51.4. The van der Waals surface area contributed by atoms with Crippen LogP contribution in [0.2, 0.25) is 0 Å². The molecular formula is C19H23N3O5. The Bertz CT molecular complexity index is 778. The van der Waals surface area contributed by atoms with Crippen LogP contribution in [0.5, 0.6) is 5.75 Å². The van der Waals surface area contributed by atoms with Crippen LogP contribution >= 0.6 is 0 Å². The molecule has 1 aliphatic heterocycles. The van der Waals surface area contributed by atoms with Crippen LogP contribution in [0.1, 0.15) is 32.6 Å². The van der Waals surface area contributed by atoms with Crippen molar-refractivity contribution in [3.05, 3.63) is 24.3 Å². The fourth-order valence-corrected chi connectivity index (χ4v) is 3.68. The van der Waals surface area contributed by atoms with Crippen molar-refractivity contribution >= 4 is 29.4 Å². The molecule has 1 heterocycles. The van der Waals surface area contributed by atoms with Gasteiger partial charge in [0.2, 0.25) is 5.91 Å². The Balaban J connectivity index is 1.69. The Morgan fingerprint density at radius 3 is 2.63 bits per heavy atom. The van der Waals surface area contributed by atoms with Gasteiger partial charge in [-0.05, 0) is 30.9 Å². The molecule has 1 saturated carbocycles. The molecule has 0 bridgehead atoms. The summed E-state index contributed by atoms with van der Waals surface area (Å²) in [6.07, 6.45) is 3.56. The molecule has 1 N–H and O–H groups in total. The van der Waals surface area contributed by atoms with Gasteiger partial charge in [-0.25, -0.2) is 9.69 Å². The molecule has 2 atom stereocenters. The second kappa shape index (κ2) is 7.77. The summed E-state index contributed by atoms with van der Waals surface area (Å²) in [5, 5.41) is 2.61. The summed E-state index contributed by atoms with van der Waals surface area (Å²) in [6, 6.07) is 5.72. The van der Waals surface area contributed by atoms with Gasteiger partial charge in [-0.15, -0.1) is 0 Å². The Hall–Kier alpha value is -2.90. The summed E-state index contributed by atoms with van der Waals surface area (Å²) in [7, 11) is 1.51. The van der Waals surface area contributed by atoms with Gasteiger partial charge in [0.05, 0.1) is 7.11 Å². The van der Waals surface area contributed by atoms with Crippen LogP contribution in [-0.4, -0.2) is 53.2 Å². The van der Waals surface area contributed by atoms with Gasteiger partial charge in [0.25, 0.3) is 0 Å². The number of rotatable bonds is 5. The number of methoxy groups -OCH3 is 1. The molecule has 0 spiro atoms. The van der Waals surface area contributed by atoms with E-state index in [-0.39, 0.29) is 12.0 Å². The van der Waals surface area contributed by atoms with E-state index in [0.29, 0.717) is 17.9 Å². The molecule has 2 aliphatic rings. The molecule has 144 valence electrons. The van der Waals surface area contributed by atoms with Gasteiger partial charge in [0.1, 0.15) is 12.3 Å². The van der Waals surface area contributed by atoms with Crippen molar-refractivity contribution in [3.63, 3.8) is 0 Å². The normalized spacial score (nSPS) is 23.0. The maximum Gasteiger partial charge on any atom is 0.334 e. The molecule has 1 aliphatic carbocycles. The summed E-state index contributed by atoms with van der Waals surface area (Å²) in [5.41, 5.74) is 0.475. The average Bonchev–Trinajstić information content (AvgIpc) is 2.86. The summed E-state index contributed by atoms with van der Waals surface area (Å²) < 4.78 is 5.09. The van der Waals surface area contributed by atoms with Crippen molar-refractivity contribution in [1.82, 2.24) is 9.80 Å². The minimum Gasteiger partial charge on any atom is -0.497 e. The zero-order chi connectivity index (χ0) is 19.6. The fourth-order valence-electron chi connectivity index (χ4n) is 3.68. The first kappa shape index (κ1) is 18.9. The molecule has 3 rings (SSSR count). The summed E-state index contributed by atoms with van der Waals surface area (Å²) in [6.45, 7) is 1.48. The van der Waals surface area contributed by atoms with Crippen LogP contribution < -0.4 is 10.1 Å². The molecule has 1 aromatic carbocycles. The van der Waals surface area contributed by atoms with Crippen LogP contribution in [0.4, 0.5) is 10.5 Å². The number of urea groups is 1. The van der Waals surface area contributed by atoms with Crippen molar-refractivity contribution < 1.29 is 23.9 Å². The second-order valence-electron chi connectivity index (χ2n) is 6.96. The van der Waals surface area contributed by atoms with E-state index in [1.165, 1.54) is 7.11 Å². The summed E-state index contributed by atoms with van der Waals surface area (Å²) >= 11 is 0. The predicted molar refractivity (Wildman–Crippen MR) is 97.0 cm³/mol. The van der Waals surface area contributed by atoms with Crippen LogP contribution in [0.3, 0.4) is 0 Å². The van der Waals surface area contributed by atoms with E-state index in [4.69, 9.17) is 4.74 Å². The Morgan fingerprint density at radius 2 is 1.93 bits per heavy atom. The van der Waals surface area contributed by atoms with Crippen molar-refractivity contribution in [2.45, 2.75) is 38.6 Å². The molecule has 0 radical (unpaired) electrons. The minimum absolute atomic E-state index is 0.144. The van der Waals surface area contributed by atoms with E-state index in [1.54, 1.807) is 24.3 Å². The highest BCUT2D eigenvalue weighted by Crippen LogP contribution is 2.31. The van der Waals surface area contributed by atoms with E-state index in [0.717, 1.165) is 29.1 Å². The largest absolute Gasteiger partial charge is 0.497 e. The van der Waals surface area contributed by atoms with Gasteiger partial charge >= 0.3 is 17.8 Å². The van der Waals surface area contributed by atoms with Gasteiger partial charge in [-0.3, -0.25) is 19.3 Å². The maximum absolute atomic E-state index is 12.7. The minimum atomic E-state index is -0.946. The number of anilines is 1. The molecule has 27 heavy (non-hydrogen) atoms. The lowest BCUT2D eigenvalue weighted by Crippen LogP contribution is -2.46. The van der Waals surface area contributed by atoms with E-state index in [2.05, 4.69) is 5.32 Å². The first-order chi connectivity index (χ1) is 12.9. The highest BCUT2D eigenvalue weighted by molar-refractivity contribution is 6.45. The van der Waals surface area contributed by atoms with Crippen LogP contribution in [0.15, 0.2) is 24.3 Å². The first-order valence-electron chi connectivity index (χ1n) is 9.05. The molecule has 0 unspecified atom stereocenters. The van der Waals surface area contributed by atoms with Gasteiger partial charge in [-0.1, -0.05) is 25.8 Å². The standard InChI is InChI=1S/C19H23N3O5/c1-12-6-3-4-9-15(12)22-18(25)17(24)21(19(22)26)11-16(23)20-13-7-5-8-14(10-13)27-2/h5,7-8,10,12,15H,3-4,6,9,11H2,1-2H3,(H,20,23)/t12-,15+/m0/s1. The monoisotopic (exact) mass is 373 g/mol. The predicted octanol–water partition coefficient (Wildman–Crippen LogP) is 2.00. The molecule has 5 amide bonds. The van der Waals surface area contributed by atoms with Crippen molar-refractivity contribution in [3.8, 4) is 5.75 Å². The number of hydrogen-bond acceptors (Lipinski definition) is 5. The molecule has 1 aromatic rings. The highest BCUT2D eigenvalue weighted by atomic mass is 16.5. The highest BCUT2D eigenvalue weighted by Gasteiger charge is 2.49. The lowest BCUT2D eigenvalue weighted by atomic mass is 9.85. The number of nitrogens with zero attached hydrogens (tertiary/aromatic N) is 2. The third-order valence-electron chi connectivity index (χ3n) is 5.14. The van der Waals surface area contributed by atoms with Crippen molar-refractivity contribution in [2.75, 3.05) is 19.0 Å². The number of benzene rings is 1. The number of carbonyl (C=O) groups excluding carboxylic acids is 4. The Morgan fingerprint density at radius 1 is 1.19 bits per heavy atom. The zero-order valence-corrected chi connectivity index (χ0v) is 15.4. The lowest BCUT2D eigenvalue weighted by Gasteiger charge is -2.34. The van der Waals surface area contributed by atoms with Crippen LogP contribution in [0, 0.1) is 5.92 Å². The van der Waals surface area contributed by atoms with Gasteiger partial charge in [0, 0.05) is 17.8 Å². The van der Waals surface area contributed by atoms with Crippen molar-refractivity contribution in [1.29, 1.82) is 0 Å². The summed E-state index contributed by atoms with van der Waals surface area (Å²) in [5.74, 6) is -1.64. The molecule has 8 heteroatoms. The zero-order valence-electron chi connectivity index (χ0n) is 15.4. The topological polar surface area (TPSA) is 96.0 Å². The SMILES string of the molecule is COc1cccc(NC(=O)CN2C(=O)C(=O)N([C@@H]3CCCC[C@@H]3C)C2=O)c1. The fraction of sp³-hybridized carbons (Fsp3) is 0.474. The van der Waals surface area contributed by atoms with Crippen molar-refractivity contribution in [2.24, 2.45) is 5.92 Å². The number of carbonyl (C=O) groups is 4. The van der Waals surface area contributed by atoms with Gasteiger partial charge in [0.15, 0.2) is 0 Å². The lowest BCUT2D eigenvalue weighted by molar-refractivity contribution is -0.145. The van der Waals surface area contributed by atoms with Crippen LogP contribution in [-0.2, 0) is 14.4 Å². The number of imide groups is 2. The number of nitrogens with one attached hydrogen (secondary N) is 1. The molecule has 2 fully saturated rings. The third-order valence-corrected chi connectivity index (χ3v) is 5.14. The molecule has 0 aromatic heterocycles. The van der Waals surface area contributed by atoms with E-state index in [9.17, 15) is 19.2 Å². The first-order valence-corrected chi connectivity index (χ1v) is 9.05. The Kier molecular flexibility index (Phi) is 5.43. The quantitative estimate of drug-likeness (QED) is 0.629.